The second kappa shape index (κ2) is 9.71. The maximum Gasteiger partial charge on any atom is 0.258 e. The molecule has 1 aliphatic heterocycles. The van der Waals surface area contributed by atoms with Gasteiger partial charge in [0.15, 0.2) is 12.3 Å². The molecule has 0 aliphatic carbocycles. The smallest absolute Gasteiger partial charge is 0.258 e. The molecule has 1 N–H and O–H groups in total. The summed E-state index contributed by atoms with van der Waals surface area (Å²) in [5, 5.41) is 8.77. The maximum absolute atomic E-state index is 12.5. The summed E-state index contributed by atoms with van der Waals surface area (Å²) in [5.41, 5.74) is 7.32. The van der Waals surface area contributed by atoms with E-state index in [1.807, 2.05) is 58.2 Å². The number of aryl methyl sites for hydroxylation is 3. The lowest BCUT2D eigenvalue weighted by molar-refractivity contribution is -0.123. The summed E-state index contributed by atoms with van der Waals surface area (Å²) >= 11 is 0. The van der Waals surface area contributed by atoms with Crippen molar-refractivity contribution in [2.75, 3.05) is 20.2 Å². The molecule has 0 spiro atoms. The molecular weight excluding hydrogens is 426 g/mol. The van der Waals surface area contributed by atoms with E-state index in [0.29, 0.717) is 5.88 Å². The number of hydrogen-bond acceptors (Lipinski definition) is 5. The minimum atomic E-state index is -0.189. The predicted octanol–water partition coefficient (Wildman–Crippen LogP) is 4.46. The van der Waals surface area contributed by atoms with E-state index in [4.69, 9.17) is 9.84 Å². The highest BCUT2D eigenvalue weighted by molar-refractivity contribution is 5.91. The Bertz CT molecular complexity index is 1270. The van der Waals surface area contributed by atoms with E-state index in [1.165, 1.54) is 11.1 Å². The van der Waals surface area contributed by atoms with Gasteiger partial charge in [-0.1, -0.05) is 41.5 Å². The van der Waals surface area contributed by atoms with Gasteiger partial charge in [-0.15, -0.1) is 0 Å². The molecule has 1 amide bonds. The van der Waals surface area contributed by atoms with Crippen LogP contribution in [0.4, 0.5) is 0 Å². The van der Waals surface area contributed by atoms with Gasteiger partial charge in [0.25, 0.3) is 5.91 Å². The molecule has 1 aromatic carbocycles. The molecule has 0 radical (unpaired) electrons. The quantitative estimate of drug-likeness (QED) is 0.589. The normalized spacial score (nSPS) is 14.9. The monoisotopic (exact) mass is 459 g/mol. The molecule has 178 valence electrons. The van der Waals surface area contributed by atoms with Crippen LogP contribution in [-0.2, 0) is 11.8 Å². The van der Waals surface area contributed by atoms with Crippen molar-refractivity contribution in [2.24, 2.45) is 7.05 Å². The lowest BCUT2D eigenvalue weighted by atomic mass is 10.1. The highest BCUT2D eigenvalue weighted by Crippen LogP contribution is 2.31. The van der Waals surface area contributed by atoms with Crippen LogP contribution in [0.25, 0.3) is 16.7 Å². The van der Waals surface area contributed by atoms with Crippen molar-refractivity contribution in [1.82, 2.24) is 25.0 Å². The molecule has 7 heteroatoms. The zero-order valence-electron chi connectivity index (χ0n) is 20.8. The van der Waals surface area contributed by atoms with Crippen LogP contribution < -0.4 is 10.1 Å². The predicted molar refractivity (Wildman–Crippen MR) is 135 cm³/mol. The first kappa shape index (κ1) is 23.5. The van der Waals surface area contributed by atoms with Gasteiger partial charge in [0.1, 0.15) is 5.69 Å². The second-order valence-corrected chi connectivity index (χ2v) is 9.17. The number of nitrogens with zero attached hydrogens (tertiary/aromatic N) is 4. The highest BCUT2D eigenvalue weighted by atomic mass is 16.5. The van der Waals surface area contributed by atoms with E-state index in [0.717, 1.165) is 46.5 Å². The first-order chi connectivity index (χ1) is 16.2. The summed E-state index contributed by atoms with van der Waals surface area (Å²) in [6.07, 6.45) is 5.32. The van der Waals surface area contributed by atoms with Crippen molar-refractivity contribution in [2.45, 2.75) is 40.2 Å². The molecule has 3 aromatic rings. The van der Waals surface area contributed by atoms with E-state index in [9.17, 15) is 4.79 Å². The molecular formula is C27H33N5O2. The molecule has 0 saturated carbocycles. The molecule has 0 bridgehead atoms. The van der Waals surface area contributed by atoms with Crippen molar-refractivity contribution in [1.29, 1.82) is 0 Å². The molecule has 7 nitrogen and oxygen atoms in total. The molecule has 0 fully saturated rings. The Morgan fingerprint density at radius 1 is 1.15 bits per heavy atom. The van der Waals surface area contributed by atoms with Crippen LogP contribution in [0, 0.1) is 13.8 Å². The number of hydrogen-bond donors (Lipinski definition) is 1. The van der Waals surface area contributed by atoms with Gasteiger partial charge >= 0.3 is 0 Å². The van der Waals surface area contributed by atoms with Gasteiger partial charge in [0, 0.05) is 26.7 Å². The lowest BCUT2D eigenvalue weighted by Gasteiger charge is -2.20. The van der Waals surface area contributed by atoms with Crippen LogP contribution in [0.3, 0.4) is 0 Å². The molecule has 1 atom stereocenters. The van der Waals surface area contributed by atoms with Crippen LogP contribution in [0.5, 0.6) is 5.88 Å². The van der Waals surface area contributed by atoms with Crippen LogP contribution in [0.15, 0.2) is 48.1 Å². The third-order valence-electron chi connectivity index (χ3n) is 6.29. The highest BCUT2D eigenvalue weighted by Gasteiger charge is 2.21. The SMILES string of the molecule is CC1=CC=C(c2nn(C)c3nc(OCC(=O)NC(C)c4ccc(C)cc4)cc(C)c23)N(C)CC1. The van der Waals surface area contributed by atoms with Gasteiger partial charge in [0.2, 0.25) is 5.88 Å². The average molecular weight is 460 g/mol. The Morgan fingerprint density at radius 3 is 2.62 bits per heavy atom. The average Bonchev–Trinajstić information content (AvgIpc) is 3.03. The number of nitrogens with one attached hydrogen (secondary N) is 1. The van der Waals surface area contributed by atoms with E-state index in [1.54, 1.807) is 4.68 Å². The molecule has 0 saturated heterocycles. The van der Waals surface area contributed by atoms with Crippen molar-refractivity contribution in [3.8, 4) is 5.88 Å². The van der Waals surface area contributed by atoms with Crippen molar-refractivity contribution >= 4 is 22.6 Å². The fourth-order valence-electron chi connectivity index (χ4n) is 4.17. The number of benzene rings is 1. The van der Waals surface area contributed by atoms with Gasteiger partial charge in [-0.05, 0) is 51.3 Å². The fraction of sp³-hybridized carbons (Fsp3) is 0.370. The number of carbonyl (C=O) groups excluding carboxylic acids is 1. The first-order valence-corrected chi connectivity index (χ1v) is 11.6. The zero-order chi connectivity index (χ0) is 24.4. The first-order valence-electron chi connectivity index (χ1n) is 11.6. The maximum atomic E-state index is 12.5. The number of pyridine rings is 1. The van der Waals surface area contributed by atoms with Crippen molar-refractivity contribution in [3.05, 3.63) is 70.4 Å². The van der Waals surface area contributed by atoms with E-state index < -0.39 is 0 Å². The summed E-state index contributed by atoms with van der Waals surface area (Å²) in [7, 11) is 3.98. The van der Waals surface area contributed by atoms with E-state index in [2.05, 4.69) is 41.3 Å². The Morgan fingerprint density at radius 2 is 1.88 bits per heavy atom. The Balaban J connectivity index is 1.51. The van der Waals surface area contributed by atoms with E-state index in [-0.39, 0.29) is 18.6 Å². The number of carbonyl (C=O) groups is 1. The summed E-state index contributed by atoms with van der Waals surface area (Å²) in [4.78, 5) is 19.4. The van der Waals surface area contributed by atoms with Crippen molar-refractivity contribution < 1.29 is 9.53 Å². The third kappa shape index (κ3) is 4.98. The number of allylic oxidation sites excluding steroid dienone is 2. The number of rotatable bonds is 6. The van der Waals surface area contributed by atoms with Crippen LogP contribution in [0.1, 0.15) is 48.7 Å². The summed E-state index contributed by atoms with van der Waals surface area (Å²) in [5.74, 6) is 0.224. The molecule has 2 aromatic heterocycles. The number of fused-ring (bicyclic) bond motifs is 1. The minimum absolute atomic E-state index is 0.100. The summed E-state index contributed by atoms with van der Waals surface area (Å²) in [6, 6.07) is 9.91. The molecule has 1 aliphatic rings. The fourth-order valence-corrected chi connectivity index (χ4v) is 4.17. The van der Waals surface area contributed by atoms with Crippen LogP contribution in [0.2, 0.25) is 0 Å². The van der Waals surface area contributed by atoms with Crippen LogP contribution >= 0.6 is 0 Å². The minimum Gasteiger partial charge on any atom is -0.468 e. The second-order valence-electron chi connectivity index (χ2n) is 9.17. The molecule has 34 heavy (non-hydrogen) atoms. The Kier molecular flexibility index (Phi) is 6.72. The van der Waals surface area contributed by atoms with Gasteiger partial charge in [-0.2, -0.15) is 10.1 Å². The van der Waals surface area contributed by atoms with Gasteiger partial charge in [-0.3, -0.25) is 4.79 Å². The topological polar surface area (TPSA) is 72.3 Å². The molecule has 1 unspecified atom stereocenters. The van der Waals surface area contributed by atoms with Gasteiger partial charge in [-0.25, -0.2) is 4.68 Å². The number of ether oxygens (including phenoxy) is 1. The standard InChI is InChI=1S/C27H33N5O2/c1-17-7-10-21(11-8-17)20(4)28-23(33)16-34-24-15-19(3)25-26(30-32(6)27(25)29-24)22-12-9-18(2)13-14-31(22)5/h7-12,15,20H,13-14,16H2,1-6H3,(H,28,33). The molecule has 4 rings (SSSR count). The summed E-state index contributed by atoms with van der Waals surface area (Å²) in [6.45, 7) is 9.02. The van der Waals surface area contributed by atoms with E-state index >= 15 is 0 Å². The van der Waals surface area contributed by atoms with Crippen molar-refractivity contribution in [3.63, 3.8) is 0 Å². The molecule has 3 heterocycles. The zero-order valence-corrected chi connectivity index (χ0v) is 20.8. The van der Waals surface area contributed by atoms with Crippen LogP contribution in [-0.4, -0.2) is 45.8 Å². The lowest BCUT2D eigenvalue weighted by Crippen LogP contribution is -2.31. The largest absolute Gasteiger partial charge is 0.468 e. The Hall–Kier alpha value is -3.61. The van der Waals surface area contributed by atoms with Gasteiger partial charge < -0.3 is 15.0 Å². The number of aromatic nitrogens is 3. The Labute approximate surface area is 201 Å². The summed E-state index contributed by atoms with van der Waals surface area (Å²) < 4.78 is 7.56. The number of amides is 1. The third-order valence-corrected chi connectivity index (χ3v) is 6.29. The van der Waals surface area contributed by atoms with Gasteiger partial charge in [0.05, 0.1) is 17.1 Å².